The third kappa shape index (κ3) is 6.06. The smallest absolute Gasteiger partial charge is 0.382 e. The van der Waals surface area contributed by atoms with Crippen molar-refractivity contribution in [2.45, 2.75) is 19.3 Å². The topological polar surface area (TPSA) is 132 Å². The van der Waals surface area contributed by atoms with Gasteiger partial charge < -0.3 is 20.5 Å². The number of rotatable bonds is 7. The summed E-state index contributed by atoms with van der Waals surface area (Å²) in [4.78, 5) is 22.1. The van der Waals surface area contributed by atoms with Crippen molar-refractivity contribution in [3.63, 3.8) is 0 Å². The van der Waals surface area contributed by atoms with E-state index in [1.165, 1.54) is 24.5 Å². The van der Waals surface area contributed by atoms with Gasteiger partial charge in [0.05, 0.1) is 31.2 Å². The number of methoxy groups -OCH3 is 1. The van der Waals surface area contributed by atoms with Crippen LogP contribution in [0.1, 0.15) is 17.0 Å². The molecule has 0 spiro atoms. The number of urea groups is 1. The van der Waals surface area contributed by atoms with Gasteiger partial charge in [0.1, 0.15) is 29.2 Å². The number of aromatic nitrogens is 4. The van der Waals surface area contributed by atoms with Crippen molar-refractivity contribution in [2.75, 3.05) is 49.8 Å². The van der Waals surface area contributed by atoms with Crippen LogP contribution in [-0.4, -0.2) is 63.9 Å². The van der Waals surface area contributed by atoms with E-state index in [2.05, 4.69) is 30.6 Å². The maximum absolute atomic E-state index is 15.3. The van der Waals surface area contributed by atoms with E-state index in [0.29, 0.717) is 36.4 Å². The Morgan fingerprint density at radius 2 is 1.95 bits per heavy atom. The molecule has 1 fully saturated rings. The lowest BCUT2D eigenvalue weighted by Crippen LogP contribution is -2.36. The molecule has 11 nitrogen and oxygen atoms in total. The lowest BCUT2D eigenvalue weighted by atomic mass is 10.0. The number of carbonyl (C=O) groups excluding carboxylic acids is 1. The summed E-state index contributed by atoms with van der Waals surface area (Å²) in [5.74, 6) is -0.944. The Hall–Kier alpha value is -4.34. The van der Waals surface area contributed by atoms with E-state index in [1.807, 2.05) is 0 Å². The third-order valence-electron chi connectivity index (χ3n) is 6.51. The average Bonchev–Trinajstić information content (AvgIpc) is 3.24. The summed E-state index contributed by atoms with van der Waals surface area (Å²) in [5.41, 5.74) is 7.95. The van der Waals surface area contributed by atoms with Crippen molar-refractivity contribution in [3.05, 3.63) is 65.5 Å². The first-order chi connectivity index (χ1) is 19.7. The molecule has 2 amide bonds. The van der Waals surface area contributed by atoms with E-state index in [4.69, 9.17) is 15.2 Å². The van der Waals surface area contributed by atoms with E-state index in [9.17, 15) is 18.0 Å². The lowest BCUT2D eigenvalue weighted by molar-refractivity contribution is -0.141. The van der Waals surface area contributed by atoms with Gasteiger partial charge in [0.25, 0.3) is 0 Å². The highest BCUT2D eigenvalue weighted by atomic mass is 19.4. The van der Waals surface area contributed by atoms with Gasteiger partial charge in [-0.15, -0.1) is 0 Å². The fraction of sp³-hybridized carbons (Fsp3) is 0.308. The zero-order valence-corrected chi connectivity index (χ0v) is 21.8. The summed E-state index contributed by atoms with van der Waals surface area (Å²) in [6.45, 7) is 3.36. The number of nitrogens with two attached hydrogens (primary N) is 1. The fourth-order valence-corrected chi connectivity index (χ4v) is 4.67. The Morgan fingerprint density at radius 1 is 1.17 bits per heavy atom. The van der Waals surface area contributed by atoms with Crippen LogP contribution in [0.15, 0.2) is 42.7 Å². The zero-order valence-electron chi connectivity index (χ0n) is 21.8. The highest BCUT2D eigenvalue weighted by Gasteiger charge is 2.32. The van der Waals surface area contributed by atoms with E-state index >= 15 is 4.39 Å². The maximum atomic E-state index is 15.3. The minimum atomic E-state index is -4.68. The van der Waals surface area contributed by atoms with E-state index in [-0.39, 0.29) is 23.9 Å². The van der Waals surface area contributed by atoms with Gasteiger partial charge in [-0.1, -0.05) is 12.1 Å². The molecule has 1 aromatic carbocycles. The Balaban J connectivity index is 1.46. The van der Waals surface area contributed by atoms with E-state index in [0.717, 1.165) is 36.5 Å². The second-order valence-corrected chi connectivity index (χ2v) is 9.21. The van der Waals surface area contributed by atoms with Gasteiger partial charge in [0.2, 0.25) is 0 Å². The number of morpholine rings is 1. The van der Waals surface area contributed by atoms with Crippen LogP contribution in [0.5, 0.6) is 0 Å². The number of pyridine rings is 1. The molecule has 0 aliphatic carbocycles. The highest BCUT2D eigenvalue weighted by molar-refractivity contribution is 5.99. The Bertz CT molecular complexity index is 1570. The van der Waals surface area contributed by atoms with Crippen LogP contribution in [0.2, 0.25) is 0 Å². The number of anilines is 3. The molecule has 4 N–H and O–H groups in total. The Kier molecular flexibility index (Phi) is 8.01. The van der Waals surface area contributed by atoms with Gasteiger partial charge >= 0.3 is 12.2 Å². The first-order valence-corrected chi connectivity index (χ1v) is 12.5. The molecule has 0 unspecified atom stereocenters. The first-order valence-electron chi connectivity index (χ1n) is 12.5. The molecule has 1 aliphatic rings. The molecule has 4 aromatic rings. The van der Waals surface area contributed by atoms with Gasteiger partial charge in [-0.25, -0.2) is 23.7 Å². The van der Waals surface area contributed by atoms with Crippen molar-refractivity contribution in [3.8, 4) is 11.1 Å². The van der Waals surface area contributed by atoms with Crippen LogP contribution in [-0.2, 0) is 28.8 Å². The zero-order chi connectivity index (χ0) is 29.1. The van der Waals surface area contributed by atoms with Crippen LogP contribution in [0.3, 0.4) is 0 Å². The number of hydrogen-bond donors (Lipinski definition) is 3. The number of carbonyl (C=O) groups is 1. The van der Waals surface area contributed by atoms with Gasteiger partial charge in [-0.05, 0) is 29.8 Å². The molecule has 216 valence electrons. The molecular formula is C26H26F4N8O3. The number of hydrogen-bond acceptors (Lipinski definition) is 8. The number of fused-ring (bicyclic) bond motifs is 1. The molecule has 5 rings (SSSR count). The summed E-state index contributed by atoms with van der Waals surface area (Å²) >= 11 is 0. The minimum Gasteiger partial charge on any atom is -0.382 e. The number of nitrogen functional groups attached to an aromatic ring is 1. The van der Waals surface area contributed by atoms with Gasteiger partial charge in [-0.3, -0.25) is 10.2 Å². The molecular weight excluding hydrogens is 548 g/mol. The highest BCUT2D eigenvalue weighted by Crippen LogP contribution is 2.37. The van der Waals surface area contributed by atoms with Crippen LogP contribution in [0, 0.1) is 5.82 Å². The normalized spacial score (nSPS) is 14.4. The second-order valence-electron chi connectivity index (χ2n) is 9.21. The van der Waals surface area contributed by atoms with Crippen LogP contribution >= 0.6 is 0 Å². The molecule has 1 aliphatic heterocycles. The number of ether oxygens (including phenoxy) is 2. The molecule has 0 radical (unpaired) electrons. The number of nitrogens with one attached hydrogen (secondary N) is 2. The Labute approximate surface area is 231 Å². The van der Waals surface area contributed by atoms with Crippen molar-refractivity contribution >= 4 is 28.9 Å². The van der Waals surface area contributed by atoms with E-state index < -0.39 is 23.7 Å². The number of alkyl halides is 3. The van der Waals surface area contributed by atoms with Gasteiger partial charge in [-0.2, -0.15) is 18.3 Å². The van der Waals surface area contributed by atoms with Crippen molar-refractivity contribution in [2.24, 2.45) is 0 Å². The third-order valence-corrected chi connectivity index (χ3v) is 6.51. The summed E-state index contributed by atoms with van der Waals surface area (Å²) < 4.78 is 66.7. The predicted molar refractivity (Wildman–Crippen MR) is 141 cm³/mol. The van der Waals surface area contributed by atoms with Crippen molar-refractivity contribution in [1.82, 2.24) is 24.5 Å². The molecule has 0 atom stereocenters. The monoisotopic (exact) mass is 574 g/mol. The lowest BCUT2D eigenvalue weighted by Gasteiger charge is -2.26. The molecule has 3 aromatic heterocycles. The summed E-state index contributed by atoms with van der Waals surface area (Å²) in [6, 6.07) is 6.23. The maximum Gasteiger partial charge on any atom is 0.433 e. The minimum absolute atomic E-state index is 0.186. The summed E-state index contributed by atoms with van der Waals surface area (Å²) in [5, 5.41) is 8.89. The molecule has 4 heterocycles. The Morgan fingerprint density at radius 3 is 2.66 bits per heavy atom. The molecule has 1 saturated heterocycles. The molecule has 41 heavy (non-hydrogen) atoms. The largest absolute Gasteiger partial charge is 0.433 e. The average molecular weight is 575 g/mol. The van der Waals surface area contributed by atoms with Crippen molar-refractivity contribution < 1.29 is 31.8 Å². The predicted octanol–water partition coefficient (Wildman–Crippen LogP) is 4.15. The van der Waals surface area contributed by atoms with Gasteiger partial charge in [0.15, 0.2) is 5.82 Å². The number of amides is 2. The number of halogens is 4. The standard InChI is InChI=1S/C26H26F4N8O3/c1-40-13-16-19(12-37-7-9-41-10-8-37)38-23(24(31)32-14-33-38)22(16)15-5-6-18(17(27)11-15)34-25(39)36-21-4-2-3-20(35-21)26(28,29)30/h2-6,11,14H,7-10,12-13H2,1H3,(H2,31,32,33)(H2,34,35,36,39). The molecule has 0 saturated carbocycles. The van der Waals surface area contributed by atoms with E-state index in [1.54, 1.807) is 17.7 Å². The molecule has 0 bridgehead atoms. The summed E-state index contributed by atoms with van der Waals surface area (Å²) in [7, 11) is 1.55. The van der Waals surface area contributed by atoms with Crippen LogP contribution < -0.4 is 16.4 Å². The summed E-state index contributed by atoms with van der Waals surface area (Å²) in [6.07, 6.45) is -3.34. The second kappa shape index (κ2) is 11.6. The first kappa shape index (κ1) is 28.2. The van der Waals surface area contributed by atoms with Crippen LogP contribution in [0.25, 0.3) is 16.6 Å². The fourth-order valence-electron chi connectivity index (χ4n) is 4.67. The number of nitrogens with zero attached hydrogens (tertiary/aromatic N) is 5. The number of benzene rings is 1. The SMILES string of the molecule is COCc1c(-c2ccc(NC(=O)Nc3cccc(C(F)(F)F)n3)c(F)c2)c2c(N)ncnn2c1CN1CCOCC1. The van der Waals surface area contributed by atoms with Crippen molar-refractivity contribution in [1.29, 1.82) is 0 Å². The van der Waals surface area contributed by atoms with Crippen LogP contribution in [0.4, 0.5) is 39.7 Å². The quantitative estimate of drug-likeness (QED) is 0.281. The molecule has 15 heteroatoms. The van der Waals surface area contributed by atoms with Gasteiger partial charge in [0, 0.05) is 37.9 Å².